The molecule has 1 unspecified atom stereocenters. The topological polar surface area (TPSA) is 75.4 Å². The number of benzene rings is 2. The second-order valence-corrected chi connectivity index (χ2v) is 7.12. The Bertz CT molecular complexity index is 747. The predicted molar refractivity (Wildman–Crippen MR) is 113 cm³/mol. The lowest BCUT2D eigenvalue weighted by Gasteiger charge is -2.32. The zero-order chi connectivity index (χ0) is 19.1. The highest BCUT2D eigenvalue weighted by atomic mass is 35.5. The van der Waals surface area contributed by atoms with Crippen LogP contribution in [-0.4, -0.2) is 36.3 Å². The standard InChI is InChI=1S/C22H27N3O2.ClH/c23-21(19-9-5-2-6-10-19)22(27)24-16-20(26)25-13-11-18(12-14-25)15-17-7-3-1-4-8-17;/h1-10,18,21H,11-16,23H2,(H,24,27);1H. The molecule has 0 aliphatic carbocycles. The van der Waals surface area contributed by atoms with E-state index in [9.17, 15) is 9.59 Å². The molecule has 1 atom stereocenters. The van der Waals surface area contributed by atoms with Gasteiger partial charge in [0.1, 0.15) is 6.04 Å². The van der Waals surface area contributed by atoms with Crippen LogP contribution in [0.4, 0.5) is 0 Å². The Morgan fingerprint density at radius 1 is 1.00 bits per heavy atom. The molecule has 3 N–H and O–H groups in total. The number of nitrogens with one attached hydrogen (secondary N) is 1. The molecular formula is C22H28ClN3O2. The largest absolute Gasteiger partial charge is 0.345 e. The molecule has 1 saturated heterocycles. The summed E-state index contributed by atoms with van der Waals surface area (Å²) < 4.78 is 0. The molecule has 0 bridgehead atoms. The number of amides is 2. The molecule has 150 valence electrons. The van der Waals surface area contributed by atoms with Crippen LogP contribution in [0.5, 0.6) is 0 Å². The molecule has 0 spiro atoms. The first-order valence-corrected chi connectivity index (χ1v) is 9.53. The van der Waals surface area contributed by atoms with Gasteiger partial charge in [-0.15, -0.1) is 12.4 Å². The molecule has 2 amide bonds. The maximum Gasteiger partial charge on any atom is 0.241 e. The lowest BCUT2D eigenvalue weighted by molar-refractivity contribution is -0.134. The first-order valence-electron chi connectivity index (χ1n) is 9.53. The van der Waals surface area contributed by atoms with Gasteiger partial charge in [-0.25, -0.2) is 0 Å². The molecular weight excluding hydrogens is 374 g/mol. The number of hydrogen-bond donors (Lipinski definition) is 2. The van der Waals surface area contributed by atoms with Gasteiger partial charge < -0.3 is 16.0 Å². The van der Waals surface area contributed by atoms with Crippen LogP contribution in [0.25, 0.3) is 0 Å². The van der Waals surface area contributed by atoms with Crippen LogP contribution >= 0.6 is 12.4 Å². The van der Waals surface area contributed by atoms with E-state index in [1.807, 2.05) is 41.3 Å². The van der Waals surface area contributed by atoms with Gasteiger partial charge in [0.2, 0.25) is 11.8 Å². The Labute approximate surface area is 172 Å². The fourth-order valence-electron chi connectivity index (χ4n) is 3.53. The Kier molecular flexibility index (Phi) is 8.48. The van der Waals surface area contributed by atoms with E-state index in [1.165, 1.54) is 5.56 Å². The zero-order valence-electron chi connectivity index (χ0n) is 15.9. The van der Waals surface area contributed by atoms with E-state index in [2.05, 4.69) is 29.6 Å². The van der Waals surface area contributed by atoms with Crippen LogP contribution in [0, 0.1) is 5.92 Å². The summed E-state index contributed by atoms with van der Waals surface area (Å²) >= 11 is 0. The van der Waals surface area contributed by atoms with Crippen molar-refractivity contribution in [3.63, 3.8) is 0 Å². The van der Waals surface area contributed by atoms with Crippen LogP contribution in [0.15, 0.2) is 60.7 Å². The minimum atomic E-state index is -0.754. The van der Waals surface area contributed by atoms with Crippen molar-refractivity contribution in [1.82, 2.24) is 10.2 Å². The van der Waals surface area contributed by atoms with Crippen LogP contribution in [0.3, 0.4) is 0 Å². The van der Waals surface area contributed by atoms with E-state index in [0.717, 1.165) is 37.9 Å². The summed E-state index contributed by atoms with van der Waals surface area (Å²) in [6.07, 6.45) is 3.06. The Morgan fingerprint density at radius 2 is 1.57 bits per heavy atom. The number of rotatable bonds is 6. The van der Waals surface area contributed by atoms with E-state index in [4.69, 9.17) is 5.73 Å². The van der Waals surface area contributed by atoms with Crippen LogP contribution < -0.4 is 11.1 Å². The van der Waals surface area contributed by atoms with Gasteiger partial charge in [0.05, 0.1) is 6.54 Å². The van der Waals surface area contributed by atoms with Gasteiger partial charge in [0.15, 0.2) is 0 Å². The molecule has 0 aromatic heterocycles. The molecule has 6 heteroatoms. The number of carbonyl (C=O) groups excluding carboxylic acids is 2. The fraction of sp³-hybridized carbons (Fsp3) is 0.364. The average Bonchev–Trinajstić information content (AvgIpc) is 2.73. The van der Waals surface area contributed by atoms with Gasteiger partial charge in [-0.1, -0.05) is 60.7 Å². The molecule has 1 aliphatic heterocycles. The molecule has 1 aliphatic rings. The molecule has 0 radical (unpaired) electrons. The molecule has 28 heavy (non-hydrogen) atoms. The zero-order valence-corrected chi connectivity index (χ0v) is 16.7. The highest BCUT2D eigenvalue weighted by Crippen LogP contribution is 2.21. The Hall–Kier alpha value is -2.37. The monoisotopic (exact) mass is 401 g/mol. The molecule has 2 aromatic rings. The normalized spacial score (nSPS) is 15.4. The predicted octanol–water partition coefficient (Wildman–Crippen LogP) is 2.71. The van der Waals surface area contributed by atoms with Crippen molar-refractivity contribution >= 4 is 24.2 Å². The number of carbonyl (C=O) groups is 2. The number of nitrogens with zero attached hydrogens (tertiary/aromatic N) is 1. The van der Waals surface area contributed by atoms with Crippen molar-refractivity contribution in [1.29, 1.82) is 0 Å². The van der Waals surface area contributed by atoms with Crippen LogP contribution in [0.2, 0.25) is 0 Å². The molecule has 1 fully saturated rings. The summed E-state index contributed by atoms with van der Waals surface area (Å²) in [7, 11) is 0. The smallest absolute Gasteiger partial charge is 0.241 e. The molecule has 3 rings (SSSR count). The highest BCUT2D eigenvalue weighted by molar-refractivity contribution is 5.88. The lowest BCUT2D eigenvalue weighted by Crippen LogP contribution is -2.45. The fourth-order valence-corrected chi connectivity index (χ4v) is 3.53. The van der Waals surface area contributed by atoms with E-state index < -0.39 is 6.04 Å². The summed E-state index contributed by atoms with van der Waals surface area (Å²) in [5.41, 5.74) is 8.05. The van der Waals surface area contributed by atoms with Gasteiger partial charge in [-0.05, 0) is 36.3 Å². The molecule has 5 nitrogen and oxygen atoms in total. The molecule has 2 aromatic carbocycles. The number of piperidine rings is 1. The second kappa shape index (κ2) is 10.8. The molecule has 1 heterocycles. The number of nitrogens with two attached hydrogens (primary N) is 1. The third-order valence-electron chi connectivity index (χ3n) is 5.19. The minimum Gasteiger partial charge on any atom is -0.345 e. The number of likely N-dealkylation sites (tertiary alicyclic amines) is 1. The van der Waals surface area contributed by atoms with E-state index in [-0.39, 0.29) is 30.8 Å². The minimum absolute atomic E-state index is 0. The SMILES string of the molecule is Cl.NC(C(=O)NCC(=O)N1CCC(Cc2ccccc2)CC1)c1ccccc1. The summed E-state index contributed by atoms with van der Waals surface area (Å²) in [5, 5.41) is 2.67. The van der Waals surface area contributed by atoms with Crippen LogP contribution in [0.1, 0.15) is 30.0 Å². The first-order chi connectivity index (χ1) is 13.1. The lowest BCUT2D eigenvalue weighted by atomic mass is 9.90. The number of halogens is 1. The summed E-state index contributed by atoms with van der Waals surface area (Å²) in [6.45, 7) is 1.50. The van der Waals surface area contributed by atoms with Crippen molar-refractivity contribution in [3.05, 3.63) is 71.8 Å². The van der Waals surface area contributed by atoms with Crippen LogP contribution in [-0.2, 0) is 16.0 Å². The number of hydrogen-bond acceptors (Lipinski definition) is 3. The maximum atomic E-state index is 12.4. The van der Waals surface area contributed by atoms with E-state index in [0.29, 0.717) is 5.92 Å². The summed E-state index contributed by atoms with van der Waals surface area (Å²) in [5.74, 6) is 0.243. The van der Waals surface area contributed by atoms with Gasteiger partial charge in [0.25, 0.3) is 0 Å². The highest BCUT2D eigenvalue weighted by Gasteiger charge is 2.24. The first kappa shape index (κ1) is 21.9. The summed E-state index contributed by atoms with van der Waals surface area (Å²) in [4.78, 5) is 26.4. The second-order valence-electron chi connectivity index (χ2n) is 7.12. The average molecular weight is 402 g/mol. The van der Waals surface area contributed by atoms with E-state index >= 15 is 0 Å². The summed E-state index contributed by atoms with van der Waals surface area (Å²) in [6, 6.07) is 18.9. The van der Waals surface area contributed by atoms with E-state index in [1.54, 1.807) is 0 Å². The van der Waals surface area contributed by atoms with Crippen molar-refractivity contribution in [2.24, 2.45) is 11.7 Å². The van der Waals surface area contributed by atoms with Crippen molar-refractivity contribution < 1.29 is 9.59 Å². The van der Waals surface area contributed by atoms with Gasteiger partial charge in [-0.3, -0.25) is 9.59 Å². The third-order valence-corrected chi connectivity index (χ3v) is 5.19. The quantitative estimate of drug-likeness (QED) is 0.781. The molecule has 0 saturated carbocycles. The Balaban J connectivity index is 0.00000280. The van der Waals surface area contributed by atoms with Crippen molar-refractivity contribution in [2.75, 3.05) is 19.6 Å². The Morgan fingerprint density at radius 3 is 2.18 bits per heavy atom. The van der Waals surface area contributed by atoms with Crippen molar-refractivity contribution in [3.8, 4) is 0 Å². The maximum absolute atomic E-state index is 12.4. The van der Waals surface area contributed by atoms with Gasteiger partial charge in [0, 0.05) is 13.1 Å². The van der Waals surface area contributed by atoms with Crippen molar-refractivity contribution in [2.45, 2.75) is 25.3 Å². The van der Waals surface area contributed by atoms with Gasteiger partial charge >= 0.3 is 0 Å². The third kappa shape index (κ3) is 6.08. The van der Waals surface area contributed by atoms with Gasteiger partial charge in [-0.2, -0.15) is 0 Å².